The second kappa shape index (κ2) is 6.38. The van der Waals surface area contributed by atoms with Gasteiger partial charge in [0.1, 0.15) is 28.8 Å². The van der Waals surface area contributed by atoms with Crippen LogP contribution in [-0.2, 0) is 4.84 Å². The molecule has 22 heavy (non-hydrogen) atoms. The summed E-state index contributed by atoms with van der Waals surface area (Å²) in [5.74, 6) is -5.26. The highest BCUT2D eigenvalue weighted by molar-refractivity contribution is 5.99. The van der Waals surface area contributed by atoms with Crippen LogP contribution >= 0.6 is 0 Å². The summed E-state index contributed by atoms with van der Waals surface area (Å²) in [5.41, 5.74) is -1.11. The first kappa shape index (κ1) is 15.7. The Morgan fingerprint density at radius 1 is 1.00 bits per heavy atom. The molecular formula is C15H9F4NO2. The number of oxime groups is 1. The van der Waals surface area contributed by atoms with Gasteiger partial charge in [0.25, 0.3) is 0 Å². The minimum Gasteiger partial charge on any atom is -0.312 e. The molecule has 0 atom stereocenters. The summed E-state index contributed by atoms with van der Waals surface area (Å²) in [6.45, 7) is 1.29. The van der Waals surface area contributed by atoms with Crippen LogP contribution in [-0.4, -0.2) is 11.7 Å². The number of nitrogens with zero attached hydrogens (tertiary/aromatic N) is 1. The summed E-state index contributed by atoms with van der Waals surface area (Å²) >= 11 is 0. The van der Waals surface area contributed by atoms with E-state index in [9.17, 15) is 22.4 Å². The van der Waals surface area contributed by atoms with Crippen molar-refractivity contribution in [3.05, 3.63) is 70.8 Å². The number of benzene rings is 2. The fourth-order valence-corrected chi connectivity index (χ4v) is 1.68. The molecule has 0 amide bonds. The number of hydrogen-bond acceptors (Lipinski definition) is 3. The molecule has 3 nitrogen and oxygen atoms in total. The van der Waals surface area contributed by atoms with Crippen molar-refractivity contribution in [1.82, 2.24) is 0 Å². The number of halogens is 4. The van der Waals surface area contributed by atoms with Crippen molar-refractivity contribution in [1.29, 1.82) is 0 Å². The Kier molecular flexibility index (Phi) is 4.55. The molecule has 2 rings (SSSR count). The third-order valence-electron chi connectivity index (χ3n) is 2.75. The van der Waals surface area contributed by atoms with Crippen molar-refractivity contribution in [3.8, 4) is 0 Å². The van der Waals surface area contributed by atoms with Crippen LogP contribution in [0, 0.1) is 23.3 Å². The third-order valence-corrected chi connectivity index (χ3v) is 2.75. The fraction of sp³-hybridized carbons (Fsp3) is 0.0667. The van der Waals surface area contributed by atoms with Gasteiger partial charge in [0.05, 0.1) is 5.71 Å². The van der Waals surface area contributed by atoms with Crippen LogP contribution in [0.25, 0.3) is 0 Å². The molecule has 0 aliphatic carbocycles. The molecule has 2 aromatic carbocycles. The van der Waals surface area contributed by atoms with E-state index < -0.39 is 34.8 Å². The predicted octanol–water partition coefficient (Wildman–Crippen LogP) is 3.82. The molecule has 0 aromatic heterocycles. The van der Waals surface area contributed by atoms with Gasteiger partial charge in [0.2, 0.25) is 0 Å². The zero-order valence-electron chi connectivity index (χ0n) is 11.2. The number of rotatable bonds is 3. The minimum absolute atomic E-state index is 0.0948. The van der Waals surface area contributed by atoms with Gasteiger partial charge in [-0.2, -0.15) is 0 Å². The van der Waals surface area contributed by atoms with Crippen molar-refractivity contribution in [2.75, 3.05) is 0 Å². The van der Waals surface area contributed by atoms with Crippen molar-refractivity contribution in [3.63, 3.8) is 0 Å². The predicted molar refractivity (Wildman–Crippen MR) is 70.3 cm³/mol. The first-order chi connectivity index (χ1) is 10.4. The van der Waals surface area contributed by atoms with Crippen LogP contribution in [0.15, 0.2) is 41.6 Å². The Bertz CT molecular complexity index is 739. The largest absolute Gasteiger partial charge is 0.371 e. The van der Waals surface area contributed by atoms with Gasteiger partial charge in [-0.1, -0.05) is 11.2 Å². The maximum absolute atomic E-state index is 13.5. The van der Waals surface area contributed by atoms with E-state index in [2.05, 4.69) is 9.99 Å². The molecule has 0 fully saturated rings. The molecular weight excluding hydrogens is 302 g/mol. The van der Waals surface area contributed by atoms with Crippen molar-refractivity contribution < 1.29 is 27.2 Å². The SMILES string of the molecule is C/C(=N\OC(=O)c1c(F)cccc1F)c1ccc(F)cc1F. The lowest BCUT2D eigenvalue weighted by Gasteiger charge is -2.04. The van der Waals surface area contributed by atoms with E-state index in [0.717, 1.165) is 30.3 Å². The van der Waals surface area contributed by atoms with Crippen LogP contribution < -0.4 is 0 Å². The van der Waals surface area contributed by atoms with Crippen LogP contribution in [0.5, 0.6) is 0 Å². The monoisotopic (exact) mass is 311 g/mol. The summed E-state index contributed by atoms with van der Waals surface area (Å²) in [5, 5.41) is 3.31. The highest BCUT2D eigenvalue weighted by Crippen LogP contribution is 2.15. The van der Waals surface area contributed by atoms with Gasteiger partial charge < -0.3 is 4.84 Å². The van der Waals surface area contributed by atoms with Crippen molar-refractivity contribution in [2.24, 2.45) is 5.16 Å². The molecule has 0 saturated heterocycles. The van der Waals surface area contributed by atoms with Gasteiger partial charge in [-0.05, 0) is 31.2 Å². The van der Waals surface area contributed by atoms with E-state index in [1.54, 1.807) is 0 Å². The molecule has 0 aliphatic rings. The van der Waals surface area contributed by atoms with E-state index in [1.807, 2.05) is 0 Å². The maximum atomic E-state index is 13.5. The summed E-state index contributed by atoms with van der Waals surface area (Å²) in [4.78, 5) is 16.0. The van der Waals surface area contributed by atoms with Crippen LogP contribution in [0.4, 0.5) is 17.6 Å². The molecule has 0 heterocycles. The molecule has 0 radical (unpaired) electrons. The Morgan fingerprint density at radius 2 is 1.64 bits per heavy atom. The van der Waals surface area contributed by atoms with E-state index in [1.165, 1.54) is 6.92 Å². The summed E-state index contributed by atoms with van der Waals surface area (Å²) in [6, 6.07) is 5.58. The van der Waals surface area contributed by atoms with E-state index in [0.29, 0.717) is 6.07 Å². The Labute approximate surface area is 122 Å². The molecule has 2 aromatic rings. The highest BCUT2D eigenvalue weighted by atomic mass is 19.1. The Morgan fingerprint density at radius 3 is 2.23 bits per heavy atom. The summed E-state index contributed by atoms with van der Waals surface area (Å²) in [7, 11) is 0. The smallest absolute Gasteiger partial charge is 0.312 e. The van der Waals surface area contributed by atoms with Gasteiger partial charge in [-0.25, -0.2) is 22.4 Å². The van der Waals surface area contributed by atoms with Crippen LogP contribution in [0.1, 0.15) is 22.8 Å². The number of carbonyl (C=O) groups is 1. The standard InChI is InChI=1S/C15H9F4NO2/c1-8(10-6-5-9(16)7-13(10)19)20-22-15(21)14-11(17)3-2-4-12(14)18/h2-7H,1H3/b20-8+. The first-order valence-electron chi connectivity index (χ1n) is 6.05. The average Bonchev–Trinajstić information content (AvgIpc) is 2.44. The molecule has 0 saturated carbocycles. The molecule has 0 bridgehead atoms. The average molecular weight is 311 g/mol. The number of hydrogen-bond donors (Lipinski definition) is 0. The van der Waals surface area contributed by atoms with Gasteiger partial charge in [-0.15, -0.1) is 0 Å². The van der Waals surface area contributed by atoms with Gasteiger partial charge in [-0.3, -0.25) is 0 Å². The van der Waals surface area contributed by atoms with Crippen molar-refractivity contribution >= 4 is 11.7 Å². The Balaban J connectivity index is 2.22. The van der Waals surface area contributed by atoms with Crippen molar-refractivity contribution in [2.45, 2.75) is 6.92 Å². The van der Waals surface area contributed by atoms with Gasteiger partial charge in [0, 0.05) is 11.6 Å². The highest BCUT2D eigenvalue weighted by Gasteiger charge is 2.19. The number of carbonyl (C=O) groups excluding carboxylic acids is 1. The lowest BCUT2D eigenvalue weighted by molar-refractivity contribution is 0.0505. The quantitative estimate of drug-likeness (QED) is 0.374. The lowest BCUT2D eigenvalue weighted by atomic mass is 10.1. The first-order valence-corrected chi connectivity index (χ1v) is 6.05. The third kappa shape index (κ3) is 3.30. The molecule has 7 heteroatoms. The maximum Gasteiger partial charge on any atom is 0.371 e. The lowest BCUT2D eigenvalue weighted by Crippen LogP contribution is -2.09. The molecule has 0 spiro atoms. The zero-order chi connectivity index (χ0) is 16.3. The Hall–Kier alpha value is -2.70. The summed E-state index contributed by atoms with van der Waals surface area (Å²) in [6.07, 6.45) is 0. The second-order valence-corrected chi connectivity index (χ2v) is 4.28. The van der Waals surface area contributed by atoms with Gasteiger partial charge in [0.15, 0.2) is 0 Å². The molecule has 114 valence electrons. The van der Waals surface area contributed by atoms with Crippen LogP contribution in [0.3, 0.4) is 0 Å². The van der Waals surface area contributed by atoms with Gasteiger partial charge >= 0.3 is 5.97 Å². The van der Waals surface area contributed by atoms with E-state index >= 15 is 0 Å². The minimum atomic E-state index is -1.36. The topological polar surface area (TPSA) is 38.7 Å². The molecule has 0 unspecified atom stereocenters. The normalized spacial score (nSPS) is 11.4. The van der Waals surface area contributed by atoms with E-state index in [4.69, 9.17) is 0 Å². The van der Waals surface area contributed by atoms with E-state index in [-0.39, 0.29) is 11.3 Å². The summed E-state index contributed by atoms with van der Waals surface area (Å²) < 4.78 is 53.0. The van der Waals surface area contributed by atoms with Crippen LogP contribution in [0.2, 0.25) is 0 Å². The zero-order valence-corrected chi connectivity index (χ0v) is 11.2. The second-order valence-electron chi connectivity index (χ2n) is 4.28. The fourth-order valence-electron chi connectivity index (χ4n) is 1.68. The molecule has 0 aliphatic heterocycles. The molecule has 0 N–H and O–H groups in total.